The zero-order valence-corrected chi connectivity index (χ0v) is 12.5. The Kier molecular flexibility index (Phi) is 3.98. The van der Waals surface area contributed by atoms with Crippen molar-refractivity contribution in [1.29, 1.82) is 0 Å². The van der Waals surface area contributed by atoms with Gasteiger partial charge in [0.1, 0.15) is 0 Å². The first kappa shape index (κ1) is 13.8. The summed E-state index contributed by atoms with van der Waals surface area (Å²) < 4.78 is 0. The number of aromatic nitrogens is 1. The summed E-state index contributed by atoms with van der Waals surface area (Å²) in [4.78, 5) is 4.43. The van der Waals surface area contributed by atoms with E-state index in [1.165, 1.54) is 16.3 Å². The molecule has 106 valence electrons. The van der Waals surface area contributed by atoms with Crippen LogP contribution >= 0.6 is 0 Å². The molecule has 3 rings (SSSR count). The van der Waals surface area contributed by atoms with E-state index in [1.54, 1.807) is 0 Å². The maximum Gasteiger partial charge on any atom is 0.0570 e. The zero-order valence-electron chi connectivity index (χ0n) is 12.5. The molecule has 0 fully saturated rings. The molecule has 0 aliphatic carbocycles. The van der Waals surface area contributed by atoms with E-state index in [-0.39, 0.29) is 12.1 Å². The van der Waals surface area contributed by atoms with Gasteiger partial charge in [0, 0.05) is 18.3 Å². The molecular formula is C19H20N2. The third kappa shape index (κ3) is 2.96. The summed E-state index contributed by atoms with van der Waals surface area (Å²) >= 11 is 0. The van der Waals surface area contributed by atoms with Crippen molar-refractivity contribution >= 4 is 10.8 Å². The Hall–Kier alpha value is -2.19. The molecule has 1 N–H and O–H groups in total. The molecule has 0 radical (unpaired) electrons. The Morgan fingerprint density at radius 2 is 1.57 bits per heavy atom. The van der Waals surface area contributed by atoms with Crippen molar-refractivity contribution in [3.8, 4) is 0 Å². The zero-order chi connectivity index (χ0) is 14.7. The van der Waals surface area contributed by atoms with E-state index >= 15 is 0 Å². The first-order valence-corrected chi connectivity index (χ1v) is 7.40. The first-order chi connectivity index (χ1) is 10.3. The number of hydrogen-bond acceptors (Lipinski definition) is 2. The van der Waals surface area contributed by atoms with E-state index in [0.717, 1.165) is 5.69 Å². The van der Waals surface area contributed by atoms with Crippen LogP contribution in [-0.4, -0.2) is 4.98 Å². The monoisotopic (exact) mass is 276 g/mol. The van der Waals surface area contributed by atoms with Gasteiger partial charge in [0.15, 0.2) is 0 Å². The highest BCUT2D eigenvalue weighted by atomic mass is 15.0. The highest BCUT2D eigenvalue weighted by molar-refractivity contribution is 5.86. The third-order valence-corrected chi connectivity index (χ3v) is 3.92. The molecule has 2 nitrogen and oxygen atoms in total. The normalized spacial score (nSPS) is 14.0. The molecular weight excluding hydrogens is 256 g/mol. The average molecular weight is 276 g/mol. The highest BCUT2D eigenvalue weighted by Crippen LogP contribution is 2.25. The Labute approximate surface area is 125 Å². The van der Waals surface area contributed by atoms with Crippen molar-refractivity contribution < 1.29 is 0 Å². The van der Waals surface area contributed by atoms with Crippen LogP contribution in [0.3, 0.4) is 0 Å². The van der Waals surface area contributed by atoms with Crippen LogP contribution in [0.15, 0.2) is 66.9 Å². The van der Waals surface area contributed by atoms with E-state index < -0.39 is 0 Å². The van der Waals surface area contributed by atoms with Crippen LogP contribution in [0.4, 0.5) is 0 Å². The van der Waals surface area contributed by atoms with Crippen molar-refractivity contribution in [3.63, 3.8) is 0 Å². The van der Waals surface area contributed by atoms with Crippen molar-refractivity contribution in [2.24, 2.45) is 0 Å². The minimum absolute atomic E-state index is 0.222. The predicted octanol–water partition coefficient (Wildman–Crippen LogP) is 4.65. The number of nitrogens with one attached hydrogen (secondary N) is 1. The lowest BCUT2D eigenvalue weighted by atomic mass is 9.99. The Balaban J connectivity index is 1.86. The molecule has 1 unspecified atom stereocenters. The molecule has 1 heterocycles. The van der Waals surface area contributed by atoms with Gasteiger partial charge >= 0.3 is 0 Å². The van der Waals surface area contributed by atoms with Crippen molar-refractivity contribution in [2.75, 3.05) is 0 Å². The number of nitrogens with zero attached hydrogens (tertiary/aromatic N) is 1. The molecule has 1 aromatic heterocycles. The van der Waals surface area contributed by atoms with Crippen LogP contribution in [0.5, 0.6) is 0 Å². The topological polar surface area (TPSA) is 24.9 Å². The summed E-state index contributed by atoms with van der Waals surface area (Å²) in [5.41, 5.74) is 2.40. The summed E-state index contributed by atoms with van der Waals surface area (Å²) in [7, 11) is 0. The summed E-state index contributed by atoms with van der Waals surface area (Å²) in [6.07, 6.45) is 1.84. The fourth-order valence-corrected chi connectivity index (χ4v) is 2.81. The molecule has 0 saturated carbocycles. The number of rotatable bonds is 4. The molecule has 0 aliphatic rings. The van der Waals surface area contributed by atoms with Gasteiger partial charge in [0.05, 0.1) is 5.69 Å². The lowest BCUT2D eigenvalue weighted by Crippen LogP contribution is -2.23. The van der Waals surface area contributed by atoms with Gasteiger partial charge in [-0.25, -0.2) is 0 Å². The van der Waals surface area contributed by atoms with Gasteiger partial charge in [0.25, 0.3) is 0 Å². The molecule has 0 aliphatic heterocycles. The molecule has 0 spiro atoms. The van der Waals surface area contributed by atoms with Crippen LogP contribution in [0, 0.1) is 0 Å². The van der Waals surface area contributed by atoms with Crippen LogP contribution in [-0.2, 0) is 0 Å². The van der Waals surface area contributed by atoms with Crippen LogP contribution < -0.4 is 5.32 Å². The smallest absolute Gasteiger partial charge is 0.0570 e. The number of pyridine rings is 1. The second kappa shape index (κ2) is 6.06. The summed E-state index contributed by atoms with van der Waals surface area (Å²) in [6, 6.07) is 21.6. The fraction of sp³-hybridized carbons (Fsp3) is 0.211. The Morgan fingerprint density at radius 1 is 0.810 bits per heavy atom. The van der Waals surface area contributed by atoms with Crippen LogP contribution in [0.1, 0.15) is 37.2 Å². The van der Waals surface area contributed by atoms with Crippen LogP contribution in [0.2, 0.25) is 0 Å². The summed E-state index contributed by atoms with van der Waals surface area (Å²) in [5, 5.41) is 6.24. The number of hydrogen-bond donors (Lipinski definition) is 1. The largest absolute Gasteiger partial charge is 0.302 e. The molecule has 3 aromatic rings. The SMILES string of the molecule is CC(N[C@@H](C)c1ccccn1)c1cccc2ccccc12. The second-order valence-electron chi connectivity index (χ2n) is 5.43. The predicted molar refractivity (Wildman–Crippen MR) is 88.2 cm³/mol. The first-order valence-electron chi connectivity index (χ1n) is 7.40. The van der Waals surface area contributed by atoms with E-state index in [9.17, 15) is 0 Å². The maximum atomic E-state index is 4.43. The average Bonchev–Trinajstić information content (AvgIpc) is 2.55. The molecule has 0 saturated heterocycles. The van der Waals surface area contributed by atoms with Gasteiger partial charge in [0.2, 0.25) is 0 Å². The number of fused-ring (bicyclic) bond motifs is 1. The number of benzene rings is 2. The van der Waals surface area contributed by atoms with Gasteiger partial charge in [-0.05, 0) is 42.3 Å². The third-order valence-electron chi connectivity index (χ3n) is 3.92. The van der Waals surface area contributed by atoms with Crippen molar-refractivity contribution in [3.05, 3.63) is 78.1 Å². The maximum absolute atomic E-state index is 4.43. The summed E-state index contributed by atoms with van der Waals surface area (Å²) in [5.74, 6) is 0. The minimum Gasteiger partial charge on any atom is -0.302 e. The minimum atomic E-state index is 0.222. The molecule has 2 aromatic carbocycles. The summed E-state index contributed by atoms with van der Waals surface area (Å²) in [6.45, 7) is 4.37. The highest BCUT2D eigenvalue weighted by Gasteiger charge is 2.13. The van der Waals surface area contributed by atoms with Gasteiger partial charge in [-0.2, -0.15) is 0 Å². The van der Waals surface area contributed by atoms with E-state index in [1.807, 2.05) is 18.3 Å². The fourth-order valence-electron chi connectivity index (χ4n) is 2.81. The Morgan fingerprint density at radius 3 is 2.38 bits per heavy atom. The lowest BCUT2D eigenvalue weighted by Gasteiger charge is -2.21. The molecule has 2 atom stereocenters. The van der Waals surface area contributed by atoms with Gasteiger partial charge in [-0.1, -0.05) is 48.5 Å². The van der Waals surface area contributed by atoms with Gasteiger partial charge < -0.3 is 5.32 Å². The van der Waals surface area contributed by atoms with Crippen molar-refractivity contribution in [1.82, 2.24) is 10.3 Å². The van der Waals surface area contributed by atoms with E-state index in [2.05, 4.69) is 72.7 Å². The molecule has 21 heavy (non-hydrogen) atoms. The quantitative estimate of drug-likeness (QED) is 0.750. The molecule has 0 amide bonds. The van der Waals surface area contributed by atoms with Crippen molar-refractivity contribution in [2.45, 2.75) is 25.9 Å². The standard InChI is InChI=1S/C19H20N2/c1-14(21-15(2)19-12-5-6-13-20-19)17-11-7-9-16-8-3-4-10-18(16)17/h3-15,21H,1-2H3/t14?,15-/m0/s1. The van der Waals surface area contributed by atoms with Gasteiger partial charge in [-0.15, -0.1) is 0 Å². The second-order valence-corrected chi connectivity index (χ2v) is 5.43. The van der Waals surface area contributed by atoms with E-state index in [0.29, 0.717) is 0 Å². The Bertz CT molecular complexity index is 716. The van der Waals surface area contributed by atoms with Crippen LogP contribution in [0.25, 0.3) is 10.8 Å². The van der Waals surface area contributed by atoms with E-state index in [4.69, 9.17) is 0 Å². The molecule has 2 heteroatoms. The lowest BCUT2D eigenvalue weighted by molar-refractivity contribution is 0.488. The molecule has 0 bridgehead atoms. The van der Waals surface area contributed by atoms with Gasteiger partial charge in [-0.3, -0.25) is 4.98 Å².